The largest absolute Gasteiger partial charge is 0.465 e. The number of rotatable bonds is 9. The van der Waals surface area contributed by atoms with Gasteiger partial charge in [-0.05, 0) is 61.4 Å². The lowest BCUT2D eigenvalue weighted by Gasteiger charge is -2.38. The summed E-state index contributed by atoms with van der Waals surface area (Å²) in [4.78, 5) is 33.1. The number of aromatic amines is 1. The van der Waals surface area contributed by atoms with E-state index < -0.39 is 6.09 Å². The van der Waals surface area contributed by atoms with Crippen molar-refractivity contribution in [1.82, 2.24) is 19.4 Å². The molecule has 2 N–H and O–H groups in total. The second-order valence-corrected chi connectivity index (χ2v) is 10.6. The van der Waals surface area contributed by atoms with Crippen molar-refractivity contribution in [1.29, 1.82) is 0 Å². The van der Waals surface area contributed by atoms with Gasteiger partial charge < -0.3 is 15.0 Å². The van der Waals surface area contributed by atoms with Gasteiger partial charge in [0.25, 0.3) is 0 Å². The molecule has 1 fully saturated rings. The number of hydrogen-bond acceptors (Lipinski definition) is 4. The van der Waals surface area contributed by atoms with Crippen molar-refractivity contribution in [2.75, 3.05) is 13.1 Å². The van der Waals surface area contributed by atoms with Crippen LogP contribution in [-0.4, -0.2) is 49.7 Å². The van der Waals surface area contributed by atoms with E-state index in [9.17, 15) is 14.7 Å². The van der Waals surface area contributed by atoms with Crippen molar-refractivity contribution in [2.24, 2.45) is 0 Å². The molecule has 2 atom stereocenters. The van der Waals surface area contributed by atoms with Gasteiger partial charge in [-0.25, -0.2) is 9.59 Å². The quantitative estimate of drug-likeness (QED) is 0.313. The van der Waals surface area contributed by atoms with E-state index in [0.29, 0.717) is 19.4 Å². The molecule has 0 spiro atoms. The first-order chi connectivity index (χ1) is 17.6. The summed E-state index contributed by atoms with van der Waals surface area (Å²) in [6.45, 7) is 3.07. The van der Waals surface area contributed by atoms with Gasteiger partial charge in [-0.1, -0.05) is 48.5 Å². The lowest BCUT2D eigenvalue weighted by molar-refractivity contribution is 0.0853. The molecule has 1 amide bonds. The Balaban J connectivity index is 1.28. The molecule has 1 aliphatic heterocycles. The van der Waals surface area contributed by atoms with E-state index in [1.54, 1.807) is 16.2 Å². The molecule has 2 unspecified atom stereocenters. The first kappa shape index (κ1) is 24.3. The van der Waals surface area contributed by atoms with Crippen LogP contribution in [0.15, 0.2) is 76.9 Å². The van der Waals surface area contributed by atoms with Gasteiger partial charge in [0.15, 0.2) is 0 Å². The van der Waals surface area contributed by atoms with E-state index in [4.69, 9.17) is 0 Å². The van der Waals surface area contributed by atoms with Gasteiger partial charge >= 0.3 is 11.8 Å². The number of para-hydroxylation sites is 2. The maximum atomic E-state index is 12.8. The van der Waals surface area contributed by atoms with Crippen LogP contribution >= 0.6 is 11.3 Å². The maximum absolute atomic E-state index is 12.8. The summed E-state index contributed by atoms with van der Waals surface area (Å²) in [5, 5.41) is 12.0. The number of benzene rings is 2. The highest BCUT2D eigenvalue weighted by Crippen LogP contribution is 2.31. The molecule has 7 nitrogen and oxygen atoms in total. The molecule has 0 aliphatic carbocycles. The summed E-state index contributed by atoms with van der Waals surface area (Å²) in [6, 6.07) is 22.3. The molecule has 1 aliphatic rings. The first-order valence-electron chi connectivity index (χ1n) is 12.6. The standard InChI is InChI=1S/C28H32N4O3S/c33-27-29-25-12-4-5-13-26(25)32(27)23-14-16-31(28(34)35)22(18-23)10-6-15-30(20-24-11-7-17-36-24)19-21-8-2-1-3-9-21/h1-5,7-9,11-13,17,22-23H,6,10,14-16,18-20H2,(H,29,33)(H,34,35). The Bertz CT molecular complexity index is 1330. The summed E-state index contributed by atoms with van der Waals surface area (Å²) >= 11 is 1.77. The zero-order chi connectivity index (χ0) is 24.9. The number of fused-ring (bicyclic) bond motifs is 1. The summed E-state index contributed by atoms with van der Waals surface area (Å²) in [6.07, 6.45) is 2.09. The van der Waals surface area contributed by atoms with Crippen LogP contribution in [0.3, 0.4) is 0 Å². The highest BCUT2D eigenvalue weighted by Gasteiger charge is 2.33. The molecule has 3 heterocycles. The van der Waals surface area contributed by atoms with Crippen LogP contribution in [0.1, 0.15) is 42.2 Å². The van der Waals surface area contributed by atoms with Crippen molar-refractivity contribution in [3.63, 3.8) is 0 Å². The first-order valence-corrected chi connectivity index (χ1v) is 13.4. The Labute approximate surface area is 214 Å². The molecule has 4 aromatic rings. The molecular weight excluding hydrogens is 472 g/mol. The maximum Gasteiger partial charge on any atom is 0.407 e. The molecule has 188 valence electrons. The topological polar surface area (TPSA) is 81.6 Å². The predicted octanol–water partition coefficient (Wildman–Crippen LogP) is 5.56. The summed E-state index contributed by atoms with van der Waals surface area (Å²) in [5.74, 6) is 0. The molecule has 2 aromatic heterocycles. The average Bonchev–Trinajstić information content (AvgIpc) is 3.51. The van der Waals surface area contributed by atoms with Crippen molar-refractivity contribution < 1.29 is 9.90 Å². The normalized spacial score (nSPS) is 18.2. The third-order valence-corrected chi connectivity index (χ3v) is 8.00. The van der Waals surface area contributed by atoms with Crippen LogP contribution in [0.4, 0.5) is 4.79 Å². The molecule has 1 saturated heterocycles. The second-order valence-electron chi connectivity index (χ2n) is 9.54. The zero-order valence-electron chi connectivity index (χ0n) is 20.3. The monoisotopic (exact) mass is 504 g/mol. The third kappa shape index (κ3) is 5.55. The summed E-state index contributed by atoms with van der Waals surface area (Å²) < 4.78 is 1.83. The van der Waals surface area contributed by atoms with Gasteiger partial charge in [-0.15, -0.1) is 11.3 Å². The van der Waals surface area contributed by atoms with Gasteiger partial charge in [-0.2, -0.15) is 0 Å². The van der Waals surface area contributed by atoms with Gasteiger partial charge in [0.2, 0.25) is 0 Å². The Morgan fingerprint density at radius 2 is 1.86 bits per heavy atom. The van der Waals surface area contributed by atoms with Gasteiger partial charge in [-0.3, -0.25) is 9.47 Å². The lowest BCUT2D eigenvalue weighted by atomic mass is 9.93. The van der Waals surface area contributed by atoms with Crippen LogP contribution in [0.5, 0.6) is 0 Å². The van der Waals surface area contributed by atoms with Crippen LogP contribution in [-0.2, 0) is 13.1 Å². The van der Waals surface area contributed by atoms with Crippen molar-refractivity contribution in [3.8, 4) is 0 Å². The van der Waals surface area contributed by atoms with Gasteiger partial charge in [0, 0.05) is 36.6 Å². The second kappa shape index (κ2) is 11.1. The predicted molar refractivity (Wildman–Crippen MR) is 143 cm³/mol. The van der Waals surface area contributed by atoms with Gasteiger partial charge in [0.05, 0.1) is 11.0 Å². The highest BCUT2D eigenvalue weighted by atomic mass is 32.1. The number of likely N-dealkylation sites (tertiary alicyclic amines) is 1. The number of nitrogens with zero attached hydrogens (tertiary/aromatic N) is 3. The minimum atomic E-state index is -0.871. The van der Waals surface area contributed by atoms with Crippen molar-refractivity contribution in [2.45, 2.75) is 50.9 Å². The minimum Gasteiger partial charge on any atom is -0.465 e. The number of carboxylic acid groups (broad SMARTS) is 1. The Morgan fingerprint density at radius 1 is 1.06 bits per heavy atom. The van der Waals surface area contributed by atoms with E-state index in [-0.39, 0.29) is 17.8 Å². The molecule has 2 aromatic carbocycles. The Hall–Kier alpha value is -3.36. The smallest absolute Gasteiger partial charge is 0.407 e. The van der Waals surface area contributed by atoms with E-state index in [1.807, 2.05) is 34.9 Å². The number of aromatic nitrogens is 2. The Kier molecular flexibility index (Phi) is 7.53. The van der Waals surface area contributed by atoms with Crippen LogP contribution in [0, 0.1) is 0 Å². The highest BCUT2D eigenvalue weighted by molar-refractivity contribution is 7.09. The number of carbonyl (C=O) groups is 1. The average molecular weight is 505 g/mol. The fraction of sp³-hybridized carbons (Fsp3) is 0.357. The molecule has 0 radical (unpaired) electrons. The number of piperidine rings is 1. The van der Waals surface area contributed by atoms with Gasteiger partial charge in [0.1, 0.15) is 0 Å². The molecule has 36 heavy (non-hydrogen) atoms. The minimum absolute atomic E-state index is 0.0132. The van der Waals surface area contributed by atoms with Crippen LogP contribution in [0.25, 0.3) is 11.0 Å². The zero-order valence-corrected chi connectivity index (χ0v) is 21.1. The molecular formula is C28H32N4O3S. The van der Waals surface area contributed by atoms with Crippen molar-refractivity contribution >= 4 is 28.5 Å². The Morgan fingerprint density at radius 3 is 2.64 bits per heavy atom. The fourth-order valence-corrected chi connectivity index (χ4v) is 6.20. The molecule has 8 heteroatoms. The molecule has 0 bridgehead atoms. The number of imidazole rings is 1. The van der Waals surface area contributed by atoms with E-state index in [0.717, 1.165) is 43.5 Å². The molecule has 0 saturated carbocycles. The number of thiophene rings is 1. The fourth-order valence-electron chi connectivity index (χ4n) is 5.46. The van der Waals surface area contributed by atoms with E-state index in [2.05, 4.69) is 51.7 Å². The summed E-state index contributed by atoms with van der Waals surface area (Å²) in [7, 11) is 0. The van der Waals surface area contributed by atoms with Crippen LogP contribution in [0.2, 0.25) is 0 Å². The SMILES string of the molecule is O=C(O)N1CCC(n2c(=O)[nH]c3ccccc32)CC1CCCN(Cc1ccccc1)Cc1cccs1. The summed E-state index contributed by atoms with van der Waals surface area (Å²) in [5.41, 5.74) is 2.87. The van der Waals surface area contributed by atoms with E-state index >= 15 is 0 Å². The number of H-pyrrole nitrogens is 1. The van der Waals surface area contributed by atoms with E-state index in [1.165, 1.54) is 10.4 Å². The number of hydrogen-bond donors (Lipinski definition) is 2. The van der Waals surface area contributed by atoms with Crippen molar-refractivity contribution in [3.05, 3.63) is 93.0 Å². The number of nitrogens with one attached hydrogen (secondary N) is 1. The number of amides is 1. The lowest BCUT2D eigenvalue weighted by Crippen LogP contribution is -2.47. The van der Waals surface area contributed by atoms with Crippen LogP contribution < -0.4 is 5.69 Å². The molecule has 5 rings (SSSR count). The third-order valence-electron chi connectivity index (χ3n) is 7.14.